The first kappa shape index (κ1) is 12.8. The lowest BCUT2D eigenvalue weighted by Crippen LogP contribution is -2.62. The van der Waals surface area contributed by atoms with E-state index in [0.717, 1.165) is 32.4 Å². The maximum atomic E-state index is 12.4. The number of hydrogen-bond acceptors (Lipinski definition) is 4. The summed E-state index contributed by atoms with van der Waals surface area (Å²) in [4.78, 5) is 14.5. The van der Waals surface area contributed by atoms with Crippen LogP contribution in [0.3, 0.4) is 0 Å². The maximum absolute atomic E-state index is 12.4. The zero-order chi connectivity index (χ0) is 12.7. The van der Waals surface area contributed by atoms with Gasteiger partial charge in [0, 0.05) is 0 Å². The van der Waals surface area contributed by atoms with E-state index in [1.54, 1.807) is 0 Å². The Bertz CT molecular complexity index is 310. The third kappa shape index (κ3) is 2.20. The molecule has 0 amide bonds. The van der Waals surface area contributed by atoms with Gasteiger partial charge in [-0.05, 0) is 59.5 Å². The molecule has 4 nitrogen and oxygen atoms in total. The van der Waals surface area contributed by atoms with Crippen molar-refractivity contribution in [2.24, 2.45) is 0 Å². The Labute approximate surface area is 103 Å². The van der Waals surface area contributed by atoms with Gasteiger partial charge in [-0.25, -0.2) is 4.79 Å². The average molecular weight is 241 g/mol. The van der Waals surface area contributed by atoms with Gasteiger partial charge in [-0.3, -0.25) is 4.90 Å². The molecule has 0 radical (unpaired) electrons. The van der Waals surface area contributed by atoms with Gasteiger partial charge in [0.15, 0.2) is 0 Å². The van der Waals surface area contributed by atoms with Crippen molar-refractivity contribution in [2.45, 2.75) is 63.7 Å². The molecule has 0 saturated carbocycles. The van der Waals surface area contributed by atoms with Crippen LogP contribution in [0.5, 0.6) is 0 Å². The third-order valence-corrected chi connectivity index (χ3v) is 3.76. The predicted molar refractivity (Wildman–Crippen MR) is 64.6 cm³/mol. The van der Waals surface area contributed by atoms with E-state index < -0.39 is 17.2 Å². The number of piperidine rings is 1. The minimum absolute atomic E-state index is 0.241. The molecule has 17 heavy (non-hydrogen) atoms. The first-order valence-corrected chi connectivity index (χ1v) is 6.53. The van der Waals surface area contributed by atoms with E-state index in [4.69, 9.17) is 4.74 Å². The second-order valence-corrected chi connectivity index (χ2v) is 6.17. The van der Waals surface area contributed by atoms with E-state index in [2.05, 4.69) is 4.90 Å². The summed E-state index contributed by atoms with van der Waals surface area (Å²) in [5.74, 6) is -0.241. The Morgan fingerprint density at radius 1 is 1.35 bits per heavy atom. The van der Waals surface area contributed by atoms with Gasteiger partial charge >= 0.3 is 5.97 Å². The molecule has 0 spiro atoms. The van der Waals surface area contributed by atoms with E-state index in [0.29, 0.717) is 6.42 Å². The Morgan fingerprint density at radius 3 is 2.65 bits per heavy atom. The SMILES string of the molecule is CC(C)(C)OC(=O)[C@@]12CCCN1CCC[C@@H]2O. The standard InChI is InChI=1S/C13H23NO3/c1-12(2,3)17-11(16)13-7-5-9-14(13)8-4-6-10(13)15/h10,15H,4-9H2,1-3H3/t10-,13-/m0/s1. The highest BCUT2D eigenvalue weighted by atomic mass is 16.6. The fourth-order valence-corrected chi connectivity index (χ4v) is 3.03. The van der Waals surface area contributed by atoms with Crippen LogP contribution in [0.1, 0.15) is 46.5 Å². The highest BCUT2D eigenvalue weighted by molar-refractivity contribution is 5.82. The van der Waals surface area contributed by atoms with Gasteiger partial charge in [0.1, 0.15) is 11.1 Å². The lowest BCUT2D eigenvalue weighted by Gasteiger charge is -2.44. The van der Waals surface area contributed by atoms with Crippen molar-refractivity contribution in [3.8, 4) is 0 Å². The summed E-state index contributed by atoms with van der Waals surface area (Å²) in [6.45, 7) is 7.41. The Hall–Kier alpha value is -0.610. The van der Waals surface area contributed by atoms with E-state index in [9.17, 15) is 9.90 Å². The number of carbonyl (C=O) groups excluding carboxylic acids is 1. The molecule has 0 unspecified atom stereocenters. The molecule has 2 aliphatic rings. The van der Waals surface area contributed by atoms with Crippen LogP contribution in [-0.2, 0) is 9.53 Å². The minimum atomic E-state index is -0.758. The maximum Gasteiger partial charge on any atom is 0.329 e. The first-order valence-electron chi connectivity index (χ1n) is 6.53. The van der Waals surface area contributed by atoms with Gasteiger partial charge in [0.25, 0.3) is 0 Å². The van der Waals surface area contributed by atoms with Gasteiger partial charge in [0.2, 0.25) is 0 Å². The fraction of sp³-hybridized carbons (Fsp3) is 0.923. The summed E-state index contributed by atoms with van der Waals surface area (Å²) >= 11 is 0. The molecule has 2 heterocycles. The number of nitrogens with zero attached hydrogens (tertiary/aromatic N) is 1. The number of hydrogen-bond donors (Lipinski definition) is 1. The average Bonchev–Trinajstić information content (AvgIpc) is 2.61. The van der Waals surface area contributed by atoms with Crippen LogP contribution >= 0.6 is 0 Å². The summed E-state index contributed by atoms with van der Waals surface area (Å²) < 4.78 is 5.51. The van der Waals surface area contributed by atoms with Gasteiger partial charge in [-0.1, -0.05) is 0 Å². The molecule has 98 valence electrons. The van der Waals surface area contributed by atoms with Crippen molar-refractivity contribution in [3.63, 3.8) is 0 Å². The van der Waals surface area contributed by atoms with Crippen LogP contribution in [0.2, 0.25) is 0 Å². The molecular weight excluding hydrogens is 218 g/mol. The van der Waals surface area contributed by atoms with Crippen LogP contribution in [0.25, 0.3) is 0 Å². The molecule has 2 atom stereocenters. The molecule has 2 saturated heterocycles. The number of aliphatic hydroxyl groups is 1. The van der Waals surface area contributed by atoms with Crippen molar-refractivity contribution >= 4 is 5.97 Å². The van der Waals surface area contributed by atoms with Crippen molar-refractivity contribution in [1.29, 1.82) is 0 Å². The van der Waals surface area contributed by atoms with Gasteiger partial charge < -0.3 is 9.84 Å². The van der Waals surface area contributed by atoms with E-state index in [-0.39, 0.29) is 5.97 Å². The fourth-order valence-electron chi connectivity index (χ4n) is 3.03. The highest BCUT2D eigenvalue weighted by Crippen LogP contribution is 2.39. The van der Waals surface area contributed by atoms with E-state index in [1.165, 1.54) is 0 Å². The summed E-state index contributed by atoms with van der Waals surface area (Å²) in [5, 5.41) is 10.3. The monoisotopic (exact) mass is 241 g/mol. The Morgan fingerprint density at radius 2 is 2.00 bits per heavy atom. The zero-order valence-corrected chi connectivity index (χ0v) is 11.0. The normalized spacial score (nSPS) is 34.5. The quantitative estimate of drug-likeness (QED) is 0.703. The van der Waals surface area contributed by atoms with Crippen LogP contribution < -0.4 is 0 Å². The Balaban J connectivity index is 2.22. The van der Waals surface area contributed by atoms with Crippen LogP contribution in [0.15, 0.2) is 0 Å². The summed E-state index contributed by atoms with van der Waals surface area (Å²) in [7, 11) is 0. The van der Waals surface area contributed by atoms with E-state index in [1.807, 2.05) is 20.8 Å². The number of carbonyl (C=O) groups is 1. The van der Waals surface area contributed by atoms with Crippen LogP contribution in [0.4, 0.5) is 0 Å². The van der Waals surface area contributed by atoms with Gasteiger partial charge in [-0.15, -0.1) is 0 Å². The number of ether oxygens (including phenoxy) is 1. The molecule has 0 bridgehead atoms. The molecule has 2 aliphatic heterocycles. The topological polar surface area (TPSA) is 49.8 Å². The molecule has 0 aromatic carbocycles. The van der Waals surface area contributed by atoms with Gasteiger partial charge in [-0.2, -0.15) is 0 Å². The summed E-state index contributed by atoms with van der Waals surface area (Å²) in [6.07, 6.45) is 2.79. The second-order valence-electron chi connectivity index (χ2n) is 6.17. The van der Waals surface area contributed by atoms with Gasteiger partial charge in [0.05, 0.1) is 6.10 Å². The van der Waals surface area contributed by atoms with Crippen LogP contribution in [-0.4, -0.2) is 46.3 Å². The largest absolute Gasteiger partial charge is 0.459 e. The molecule has 0 aliphatic carbocycles. The van der Waals surface area contributed by atoms with Crippen LogP contribution in [0, 0.1) is 0 Å². The highest BCUT2D eigenvalue weighted by Gasteiger charge is 2.55. The minimum Gasteiger partial charge on any atom is -0.459 e. The van der Waals surface area contributed by atoms with E-state index >= 15 is 0 Å². The molecule has 0 aromatic rings. The lowest BCUT2D eigenvalue weighted by molar-refractivity contribution is -0.179. The zero-order valence-electron chi connectivity index (χ0n) is 11.0. The first-order chi connectivity index (χ1) is 7.86. The lowest BCUT2D eigenvalue weighted by atomic mass is 9.83. The second kappa shape index (κ2) is 4.25. The third-order valence-electron chi connectivity index (χ3n) is 3.76. The molecule has 2 fully saturated rings. The number of rotatable bonds is 1. The van der Waals surface area contributed by atoms with Crippen molar-refractivity contribution in [3.05, 3.63) is 0 Å². The van der Waals surface area contributed by atoms with Crippen molar-refractivity contribution in [2.75, 3.05) is 13.1 Å². The van der Waals surface area contributed by atoms with Crippen molar-refractivity contribution < 1.29 is 14.6 Å². The molecule has 0 aromatic heterocycles. The molecule has 4 heteroatoms. The molecule has 1 N–H and O–H groups in total. The summed E-state index contributed by atoms with van der Waals surface area (Å²) in [6, 6.07) is 0. The smallest absolute Gasteiger partial charge is 0.329 e. The number of esters is 1. The molecule has 2 rings (SSSR count). The summed E-state index contributed by atoms with van der Waals surface area (Å²) in [5.41, 5.74) is -1.25. The number of fused-ring (bicyclic) bond motifs is 1. The Kier molecular flexibility index (Phi) is 3.21. The predicted octanol–water partition coefficient (Wildman–Crippen LogP) is 1.32. The number of aliphatic hydroxyl groups excluding tert-OH is 1. The van der Waals surface area contributed by atoms with Crippen molar-refractivity contribution in [1.82, 2.24) is 4.90 Å². The molecular formula is C13H23NO3.